The lowest BCUT2D eigenvalue weighted by atomic mass is 10.2. The molecule has 2 aromatic rings. The third-order valence-corrected chi connectivity index (χ3v) is 3.87. The van der Waals surface area contributed by atoms with Crippen LogP contribution in [0.15, 0.2) is 41.4 Å². The molecular weight excluding hydrogens is 303 g/mol. The van der Waals surface area contributed by atoms with Crippen molar-refractivity contribution in [2.24, 2.45) is 0 Å². The molecule has 0 fully saturated rings. The van der Waals surface area contributed by atoms with Crippen molar-refractivity contribution in [1.82, 2.24) is 4.98 Å². The van der Waals surface area contributed by atoms with Crippen LogP contribution < -0.4 is 5.32 Å². The minimum Gasteiger partial charge on any atom is -0.450 e. The van der Waals surface area contributed by atoms with Gasteiger partial charge in [0.1, 0.15) is 5.82 Å². The summed E-state index contributed by atoms with van der Waals surface area (Å²) in [6, 6.07) is 10.0. The Bertz CT molecular complexity index is 647. The van der Waals surface area contributed by atoms with Crippen LogP contribution in [0.1, 0.15) is 18.2 Å². The van der Waals surface area contributed by atoms with Crippen molar-refractivity contribution in [1.29, 1.82) is 0 Å². The summed E-state index contributed by atoms with van der Waals surface area (Å²) in [6.45, 7) is 3.90. The first-order chi connectivity index (χ1) is 10.6. The normalized spacial score (nSPS) is 10.3. The van der Waals surface area contributed by atoms with Crippen molar-refractivity contribution in [2.45, 2.75) is 24.6 Å². The number of aryl methyl sites for hydroxylation is 1. The van der Waals surface area contributed by atoms with Gasteiger partial charge in [0.2, 0.25) is 0 Å². The van der Waals surface area contributed by atoms with E-state index >= 15 is 0 Å². The molecule has 0 radical (unpaired) electrons. The van der Waals surface area contributed by atoms with Gasteiger partial charge in [-0.15, -0.1) is 11.8 Å². The molecule has 0 bridgehead atoms. The van der Waals surface area contributed by atoms with Crippen LogP contribution in [0, 0.1) is 12.7 Å². The zero-order valence-electron chi connectivity index (χ0n) is 12.4. The fourth-order valence-electron chi connectivity index (χ4n) is 1.77. The van der Waals surface area contributed by atoms with Crippen LogP contribution in [-0.4, -0.2) is 17.7 Å². The first kappa shape index (κ1) is 16.3. The van der Waals surface area contributed by atoms with Gasteiger partial charge in [-0.3, -0.25) is 5.32 Å². The molecule has 0 unspecified atom stereocenters. The van der Waals surface area contributed by atoms with Crippen molar-refractivity contribution in [3.63, 3.8) is 0 Å². The van der Waals surface area contributed by atoms with Crippen LogP contribution >= 0.6 is 11.8 Å². The molecule has 22 heavy (non-hydrogen) atoms. The number of hydrogen-bond donors (Lipinski definition) is 1. The standard InChI is InChI=1S/C16H17FN2O2S/c1-3-21-16(20)19-14-8-9-15(18-11(14)2)22-10-12-4-6-13(17)7-5-12/h4-9H,3,10H2,1-2H3,(H,19,20). The third-order valence-electron chi connectivity index (χ3n) is 2.87. The lowest BCUT2D eigenvalue weighted by Gasteiger charge is -2.09. The Hall–Kier alpha value is -2.08. The quantitative estimate of drug-likeness (QED) is 0.830. The predicted octanol–water partition coefficient (Wildman–Crippen LogP) is 4.39. The summed E-state index contributed by atoms with van der Waals surface area (Å²) in [4.78, 5) is 15.8. The van der Waals surface area contributed by atoms with Crippen LogP contribution in [0.4, 0.5) is 14.9 Å². The number of rotatable bonds is 5. The van der Waals surface area contributed by atoms with Crippen molar-refractivity contribution in [3.8, 4) is 0 Å². The van der Waals surface area contributed by atoms with Crippen LogP contribution in [0.5, 0.6) is 0 Å². The van der Waals surface area contributed by atoms with Gasteiger partial charge in [0.05, 0.1) is 23.0 Å². The highest BCUT2D eigenvalue weighted by molar-refractivity contribution is 7.98. The van der Waals surface area contributed by atoms with E-state index in [-0.39, 0.29) is 5.82 Å². The highest BCUT2D eigenvalue weighted by atomic mass is 32.2. The second-order valence-corrected chi connectivity index (χ2v) is 5.54. The van der Waals surface area contributed by atoms with Gasteiger partial charge in [-0.1, -0.05) is 12.1 Å². The van der Waals surface area contributed by atoms with Gasteiger partial charge in [0.15, 0.2) is 0 Å². The van der Waals surface area contributed by atoms with E-state index in [2.05, 4.69) is 10.3 Å². The van der Waals surface area contributed by atoms with Crippen LogP contribution in [-0.2, 0) is 10.5 Å². The highest BCUT2D eigenvalue weighted by Gasteiger charge is 2.07. The molecule has 1 heterocycles. The fourth-order valence-corrected chi connectivity index (χ4v) is 2.64. The number of hydrogen-bond acceptors (Lipinski definition) is 4. The third kappa shape index (κ3) is 4.73. The smallest absolute Gasteiger partial charge is 0.411 e. The maximum atomic E-state index is 12.8. The summed E-state index contributed by atoms with van der Waals surface area (Å²) in [5, 5.41) is 3.49. The molecule has 1 aromatic heterocycles. The molecule has 4 nitrogen and oxygen atoms in total. The van der Waals surface area contributed by atoms with E-state index < -0.39 is 6.09 Å². The van der Waals surface area contributed by atoms with Gasteiger partial charge in [-0.05, 0) is 43.7 Å². The summed E-state index contributed by atoms with van der Waals surface area (Å²) in [5.41, 5.74) is 2.38. The maximum Gasteiger partial charge on any atom is 0.411 e. The molecule has 0 saturated carbocycles. The molecule has 1 amide bonds. The highest BCUT2D eigenvalue weighted by Crippen LogP contribution is 2.24. The zero-order valence-corrected chi connectivity index (χ0v) is 13.2. The molecule has 0 aliphatic heterocycles. The van der Waals surface area contributed by atoms with E-state index in [9.17, 15) is 9.18 Å². The van der Waals surface area contributed by atoms with Crippen molar-refractivity contribution >= 4 is 23.5 Å². The van der Waals surface area contributed by atoms with Gasteiger partial charge in [-0.25, -0.2) is 14.2 Å². The molecule has 0 aliphatic carbocycles. The monoisotopic (exact) mass is 320 g/mol. The Balaban J connectivity index is 1.97. The zero-order chi connectivity index (χ0) is 15.9. The Morgan fingerprint density at radius 1 is 1.27 bits per heavy atom. The average molecular weight is 320 g/mol. The number of carbonyl (C=O) groups excluding carboxylic acids is 1. The molecule has 0 atom stereocenters. The second-order valence-electron chi connectivity index (χ2n) is 4.54. The molecule has 1 aromatic carbocycles. The first-order valence-electron chi connectivity index (χ1n) is 6.87. The summed E-state index contributed by atoms with van der Waals surface area (Å²) in [6.07, 6.45) is -0.487. The maximum absolute atomic E-state index is 12.8. The van der Waals surface area contributed by atoms with Gasteiger partial charge >= 0.3 is 6.09 Å². The molecule has 0 spiro atoms. The molecule has 6 heteroatoms. The number of amides is 1. The number of pyridine rings is 1. The first-order valence-corrected chi connectivity index (χ1v) is 7.85. The van der Waals surface area contributed by atoms with E-state index in [0.29, 0.717) is 18.0 Å². The number of anilines is 1. The minimum atomic E-state index is -0.487. The van der Waals surface area contributed by atoms with Crippen LogP contribution in [0.3, 0.4) is 0 Å². The van der Waals surface area contributed by atoms with Gasteiger partial charge < -0.3 is 4.74 Å². The Morgan fingerprint density at radius 2 is 2.00 bits per heavy atom. The van der Waals surface area contributed by atoms with Crippen molar-refractivity contribution < 1.29 is 13.9 Å². The SMILES string of the molecule is CCOC(=O)Nc1ccc(SCc2ccc(F)cc2)nc1C. The number of ether oxygens (including phenoxy) is 1. The van der Waals surface area contributed by atoms with Gasteiger partial charge in [0, 0.05) is 5.75 Å². The van der Waals surface area contributed by atoms with E-state index in [1.165, 1.54) is 12.1 Å². The Morgan fingerprint density at radius 3 is 2.64 bits per heavy atom. The van der Waals surface area contributed by atoms with Crippen molar-refractivity contribution in [2.75, 3.05) is 11.9 Å². The number of aromatic nitrogens is 1. The van der Waals surface area contributed by atoms with E-state index in [1.807, 2.05) is 13.0 Å². The summed E-state index contributed by atoms with van der Waals surface area (Å²) < 4.78 is 17.7. The fraction of sp³-hybridized carbons (Fsp3) is 0.250. The summed E-state index contributed by atoms with van der Waals surface area (Å²) in [7, 11) is 0. The van der Waals surface area contributed by atoms with Gasteiger partial charge in [0.25, 0.3) is 0 Å². The largest absolute Gasteiger partial charge is 0.450 e. The molecule has 116 valence electrons. The number of benzene rings is 1. The average Bonchev–Trinajstić information content (AvgIpc) is 2.49. The van der Waals surface area contributed by atoms with E-state index in [4.69, 9.17) is 4.74 Å². The molecular formula is C16H17FN2O2S. The second kappa shape index (κ2) is 7.79. The number of carbonyl (C=O) groups is 1. The summed E-state index contributed by atoms with van der Waals surface area (Å²) >= 11 is 1.55. The Kier molecular flexibility index (Phi) is 5.77. The number of thioether (sulfide) groups is 1. The molecule has 0 aliphatic rings. The van der Waals surface area contributed by atoms with Crippen LogP contribution in [0.2, 0.25) is 0 Å². The van der Waals surface area contributed by atoms with Crippen molar-refractivity contribution in [3.05, 3.63) is 53.5 Å². The molecule has 1 N–H and O–H groups in total. The minimum absolute atomic E-state index is 0.239. The lowest BCUT2D eigenvalue weighted by molar-refractivity contribution is 0.168. The van der Waals surface area contributed by atoms with E-state index in [1.54, 1.807) is 36.9 Å². The molecule has 0 saturated heterocycles. The number of nitrogens with one attached hydrogen (secondary N) is 1. The summed E-state index contributed by atoms with van der Waals surface area (Å²) in [5.74, 6) is 0.467. The van der Waals surface area contributed by atoms with E-state index in [0.717, 1.165) is 16.3 Å². The topological polar surface area (TPSA) is 51.2 Å². The van der Waals surface area contributed by atoms with Crippen LogP contribution in [0.25, 0.3) is 0 Å². The number of nitrogens with zero attached hydrogens (tertiary/aromatic N) is 1. The Labute approximate surface area is 133 Å². The predicted molar refractivity (Wildman–Crippen MR) is 85.6 cm³/mol. The number of halogens is 1. The van der Waals surface area contributed by atoms with Gasteiger partial charge in [-0.2, -0.15) is 0 Å². The molecule has 2 rings (SSSR count). The lowest BCUT2D eigenvalue weighted by Crippen LogP contribution is -2.14.